The van der Waals surface area contributed by atoms with Crippen LogP contribution in [0.3, 0.4) is 0 Å². The van der Waals surface area contributed by atoms with Crippen LogP contribution in [-0.4, -0.2) is 33.4 Å². The maximum absolute atomic E-state index is 10.3. The van der Waals surface area contributed by atoms with Gasteiger partial charge in [0.1, 0.15) is 0 Å². The molecule has 0 fully saturated rings. The summed E-state index contributed by atoms with van der Waals surface area (Å²) >= 11 is 0. The number of hydrogen-bond donors (Lipinski definition) is 3. The molecule has 64 valence electrons. The Labute approximate surface area is 63.3 Å². The summed E-state index contributed by atoms with van der Waals surface area (Å²) in [6.07, 6.45) is -1.88. The van der Waals surface area contributed by atoms with Crippen LogP contribution >= 0.6 is 0 Å². The lowest BCUT2D eigenvalue weighted by atomic mass is 9.87. The number of carbonyl (C=O) groups is 2. The first kappa shape index (κ1) is 9.90. The van der Waals surface area contributed by atoms with Crippen LogP contribution in [0.5, 0.6) is 0 Å². The summed E-state index contributed by atoms with van der Waals surface area (Å²) in [5, 5.41) is 25.5. The Balaban J connectivity index is 4.55. The molecule has 1 unspecified atom stereocenters. The number of aliphatic hydroxyl groups excluding tert-OH is 1. The molecule has 5 heteroatoms. The molecule has 0 saturated carbocycles. The van der Waals surface area contributed by atoms with Crippen molar-refractivity contribution in [2.75, 3.05) is 0 Å². The second-order valence-corrected chi connectivity index (χ2v) is 2.77. The molecule has 0 heterocycles. The summed E-state index contributed by atoms with van der Waals surface area (Å²) in [5.41, 5.74) is -1.65. The molecule has 0 amide bonds. The molecular formula is C6H10O5. The van der Waals surface area contributed by atoms with Crippen LogP contribution < -0.4 is 0 Å². The summed E-state index contributed by atoms with van der Waals surface area (Å²) < 4.78 is 0. The van der Waals surface area contributed by atoms with Crippen LogP contribution in [0.2, 0.25) is 0 Å². The number of rotatable bonds is 3. The average molecular weight is 162 g/mol. The summed E-state index contributed by atoms with van der Waals surface area (Å²) in [4.78, 5) is 20.5. The minimum atomic E-state index is -1.88. The molecule has 0 spiro atoms. The van der Waals surface area contributed by atoms with Gasteiger partial charge in [0.05, 0.1) is 5.41 Å². The minimum Gasteiger partial charge on any atom is -0.481 e. The van der Waals surface area contributed by atoms with Crippen LogP contribution in [0.15, 0.2) is 0 Å². The number of hydrogen-bond acceptors (Lipinski definition) is 3. The van der Waals surface area contributed by atoms with E-state index in [0.29, 0.717) is 0 Å². The van der Waals surface area contributed by atoms with Crippen molar-refractivity contribution in [3.8, 4) is 0 Å². The van der Waals surface area contributed by atoms with Crippen molar-refractivity contribution in [3.05, 3.63) is 0 Å². The summed E-state index contributed by atoms with van der Waals surface area (Å²) in [6, 6.07) is 0. The second-order valence-electron chi connectivity index (χ2n) is 2.77. The monoisotopic (exact) mass is 162 g/mol. The Morgan fingerprint density at radius 2 is 1.64 bits per heavy atom. The third-order valence-corrected chi connectivity index (χ3v) is 1.47. The van der Waals surface area contributed by atoms with Gasteiger partial charge in [0.25, 0.3) is 0 Å². The standard InChI is InChI=1S/C6H10O5/c1-6(2,5(10)11)3(7)4(8)9/h3,7H,1-2H3,(H,8,9)(H,10,11). The van der Waals surface area contributed by atoms with Gasteiger partial charge < -0.3 is 15.3 Å². The van der Waals surface area contributed by atoms with Gasteiger partial charge in [0.2, 0.25) is 0 Å². The number of aliphatic carboxylic acids is 2. The van der Waals surface area contributed by atoms with Crippen molar-refractivity contribution in [2.45, 2.75) is 20.0 Å². The van der Waals surface area contributed by atoms with Crippen molar-refractivity contribution in [1.82, 2.24) is 0 Å². The van der Waals surface area contributed by atoms with Gasteiger partial charge in [-0.2, -0.15) is 0 Å². The predicted molar refractivity (Wildman–Crippen MR) is 35.1 cm³/mol. The van der Waals surface area contributed by atoms with E-state index in [1.807, 2.05) is 0 Å². The van der Waals surface area contributed by atoms with Gasteiger partial charge in [-0.15, -0.1) is 0 Å². The molecule has 0 aromatic carbocycles. The van der Waals surface area contributed by atoms with Crippen LogP contribution in [0.4, 0.5) is 0 Å². The van der Waals surface area contributed by atoms with Gasteiger partial charge >= 0.3 is 11.9 Å². The number of aliphatic hydroxyl groups is 1. The zero-order valence-electron chi connectivity index (χ0n) is 6.24. The highest BCUT2D eigenvalue weighted by Gasteiger charge is 2.40. The first-order valence-corrected chi connectivity index (χ1v) is 2.94. The summed E-state index contributed by atoms with van der Waals surface area (Å²) in [7, 11) is 0. The number of carboxylic acid groups (broad SMARTS) is 2. The maximum atomic E-state index is 10.3. The first-order valence-electron chi connectivity index (χ1n) is 2.94. The quantitative estimate of drug-likeness (QED) is 0.522. The van der Waals surface area contributed by atoms with E-state index < -0.39 is 23.5 Å². The molecule has 5 nitrogen and oxygen atoms in total. The van der Waals surface area contributed by atoms with Crippen LogP contribution in [0.25, 0.3) is 0 Å². The normalized spacial score (nSPS) is 14.1. The molecule has 0 aliphatic carbocycles. The molecule has 0 saturated heterocycles. The molecule has 1 atom stereocenters. The van der Waals surface area contributed by atoms with E-state index in [1.54, 1.807) is 0 Å². The van der Waals surface area contributed by atoms with E-state index in [1.165, 1.54) is 0 Å². The predicted octanol–water partition coefficient (Wildman–Crippen LogP) is -0.457. The molecule has 0 bridgehead atoms. The third-order valence-electron chi connectivity index (χ3n) is 1.47. The molecule has 0 radical (unpaired) electrons. The molecule has 0 aromatic heterocycles. The van der Waals surface area contributed by atoms with E-state index >= 15 is 0 Å². The van der Waals surface area contributed by atoms with Gasteiger partial charge in [-0.05, 0) is 13.8 Å². The van der Waals surface area contributed by atoms with E-state index in [2.05, 4.69) is 0 Å². The zero-order valence-corrected chi connectivity index (χ0v) is 6.24. The van der Waals surface area contributed by atoms with E-state index in [0.717, 1.165) is 13.8 Å². The Hall–Kier alpha value is -1.10. The fourth-order valence-corrected chi connectivity index (χ4v) is 0.426. The molecule has 3 N–H and O–H groups in total. The van der Waals surface area contributed by atoms with Crippen LogP contribution in [0.1, 0.15) is 13.8 Å². The smallest absolute Gasteiger partial charge is 0.333 e. The highest BCUT2D eigenvalue weighted by atomic mass is 16.4. The highest BCUT2D eigenvalue weighted by Crippen LogP contribution is 2.20. The zero-order chi connectivity index (χ0) is 9.23. The lowest BCUT2D eigenvalue weighted by Gasteiger charge is -2.21. The molecule has 0 aromatic rings. The molecule has 0 aliphatic heterocycles. The minimum absolute atomic E-state index is 1.15. The first-order chi connectivity index (χ1) is 4.80. The van der Waals surface area contributed by atoms with Gasteiger partial charge in [0, 0.05) is 0 Å². The summed E-state index contributed by atoms with van der Waals surface area (Å²) in [5.74, 6) is -2.87. The van der Waals surface area contributed by atoms with E-state index in [4.69, 9.17) is 15.3 Å². The lowest BCUT2D eigenvalue weighted by Crippen LogP contribution is -2.42. The molecular weight excluding hydrogens is 152 g/mol. The van der Waals surface area contributed by atoms with Gasteiger partial charge in [0.15, 0.2) is 6.10 Å². The van der Waals surface area contributed by atoms with Gasteiger partial charge in [-0.3, -0.25) is 4.79 Å². The van der Waals surface area contributed by atoms with Crippen LogP contribution in [0, 0.1) is 5.41 Å². The lowest BCUT2D eigenvalue weighted by molar-refractivity contribution is -0.166. The molecule has 11 heavy (non-hydrogen) atoms. The SMILES string of the molecule is CC(C)(C(=O)O)C(O)C(=O)O. The molecule has 0 rings (SSSR count). The second kappa shape index (κ2) is 2.87. The topological polar surface area (TPSA) is 94.8 Å². The van der Waals surface area contributed by atoms with Crippen molar-refractivity contribution in [1.29, 1.82) is 0 Å². The van der Waals surface area contributed by atoms with Crippen LogP contribution in [-0.2, 0) is 9.59 Å². The Kier molecular flexibility index (Phi) is 2.59. The van der Waals surface area contributed by atoms with Crippen molar-refractivity contribution >= 4 is 11.9 Å². The molecule has 0 aliphatic rings. The van der Waals surface area contributed by atoms with Gasteiger partial charge in [-0.1, -0.05) is 0 Å². The van der Waals surface area contributed by atoms with Gasteiger partial charge in [-0.25, -0.2) is 4.79 Å². The Morgan fingerprint density at radius 1 is 1.27 bits per heavy atom. The number of carboxylic acids is 2. The van der Waals surface area contributed by atoms with E-state index in [9.17, 15) is 9.59 Å². The third kappa shape index (κ3) is 1.91. The van der Waals surface area contributed by atoms with E-state index in [-0.39, 0.29) is 0 Å². The largest absolute Gasteiger partial charge is 0.481 e. The Morgan fingerprint density at radius 3 is 1.73 bits per heavy atom. The summed E-state index contributed by atoms with van der Waals surface area (Å²) in [6.45, 7) is 2.29. The Bertz CT molecular complexity index is 183. The fourth-order valence-electron chi connectivity index (χ4n) is 0.426. The van der Waals surface area contributed by atoms with Crippen molar-refractivity contribution < 1.29 is 24.9 Å². The fraction of sp³-hybridized carbons (Fsp3) is 0.667. The maximum Gasteiger partial charge on any atom is 0.333 e. The van der Waals surface area contributed by atoms with Crippen molar-refractivity contribution in [2.24, 2.45) is 5.41 Å². The van der Waals surface area contributed by atoms with Crippen molar-refractivity contribution in [3.63, 3.8) is 0 Å². The average Bonchev–Trinajstić information content (AvgIpc) is 1.85. The highest BCUT2D eigenvalue weighted by molar-refractivity contribution is 5.84.